The van der Waals surface area contributed by atoms with Gasteiger partial charge in [0, 0.05) is 58.5 Å². The van der Waals surface area contributed by atoms with Crippen molar-refractivity contribution in [3.8, 4) is 39.7 Å². The topological polar surface area (TPSA) is 85.9 Å². The van der Waals surface area contributed by atoms with E-state index >= 15 is 0 Å². The van der Waals surface area contributed by atoms with Gasteiger partial charge in [-0.2, -0.15) is 5.26 Å². The molecule has 0 aliphatic rings. The average molecular weight is 511 g/mol. The molecule has 0 saturated carbocycles. The highest BCUT2D eigenvalue weighted by molar-refractivity contribution is 5.98. The normalized spacial score (nSPS) is 11.1. The van der Waals surface area contributed by atoms with Crippen LogP contribution in [-0.4, -0.2) is 23.1 Å². The lowest BCUT2D eigenvalue weighted by molar-refractivity contribution is 0.563. The molecule has 3 aromatic heterocycles. The average Bonchev–Trinajstić information content (AvgIpc) is 3.41. The van der Waals surface area contributed by atoms with Crippen molar-refractivity contribution in [3.05, 3.63) is 107 Å². The summed E-state index contributed by atoms with van der Waals surface area (Å²) in [5.74, 6) is 0. The summed E-state index contributed by atoms with van der Waals surface area (Å²) in [4.78, 5) is 23.8. The van der Waals surface area contributed by atoms with Crippen LogP contribution in [0.25, 0.3) is 55.5 Å². The minimum atomic E-state index is -0.472. The number of aromatic nitrogens is 2. The van der Waals surface area contributed by atoms with Gasteiger partial charge in [0.1, 0.15) is 11.7 Å². The maximum Gasteiger partial charge on any atom is 0.345 e. The number of nitriles is 1. The molecule has 0 aliphatic carbocycles. The van der Waals surface area contributed by atoms with Crippen molar-refractivity contribution in [2.75, 3.05) is 18.0 Å². The molecule has 6 aromatic rings. The zero-order valence-electron chi connectivity index (χ0n) is 21.7. The van der Waals surface area contributed by atoms with E-state index in [4.69, 9.17) is 9.40 Å². The number of fused-ring (bicyclic) bond motifs is 2. The van der Waals surface area contributed by atoms with E-state index in [1.807, 2.05) is 91.1 Å². The molecule has 0 unspecified atom stereocenters. The van der Waals surface area contributed by atoms with Gasteiger partial charge in [-0.1, -0.05) is 48.5 Å². The van der Waals surface area contributed by atoms with Crippen LogP contribution in [0.3, 0.4) is 0 Å². The predicted molar refractivity (Wildman–Crippen MR) is 157 cm³/mol. The number of hydrogen-bond donors (Lipinski definition) is 1. The Morgan fingerprint density at radius 1 is 0.897 bits per heavy atom. The summed E-state index contributed by atoms with van der Waals surface area (Å²) >= 11 is 0. The van der Waals surface area contributed by atoms with Gasteiger partial charge in [0.2, 0.25) is 0 Å². The molecule has 6 nitrogen and oxygen atoms in total. The summed E-state index contributed by atoms with van der Waals surface area (Å²) in [6.45, 7) is 5.91. The van der Waals surface area contributed by atoms with E-state index in [1.165, 1.54) is 0 Å². The Morgan fingerprint density at radius 2 is 1.67 bits per heavy atom. The van der Waals surface area contributed by atoms with Gasteiger partial charge >= 0.3 is 5.63 Å². The van der Waals surface area contributed by atoms with E-state index in [-0.39, 0.29) is 0 Å². The van der Waals surface area contributed by atoms with Gasteiger partial charge in [0.05, 0.1) is 22.5 Å². The number of H-pyrrole nitrogens is 1. The number of para-hydroxylation sites is 1. The Bertz CT molecular complexity index is 1930. The van der Waals surface area contributed by atoms with Gasteiger partial charge in [-0.15, -0.1) is 0 Å². The summed E-state index contributed by atoms with van der Waals surface area (Å²) in [6, 6.07) is 29.5. The van der Waals surface area contributed by atoms with Crippen LogP contribution in [0.2, 0.25) is 0 Å². The molecule has 39 heavy (non-hydrogen) atoms. The molecule has 0 bridgehead atoms. The number of hydrogen-bond acceptors (Lipinski definition) is 5. The van der Waals surface area contributed by atoms with Gasteiger partial charge in [0.25, 0.3) is 0 Å². The Labute approximate surface area is 225 Å². The van der Waals surface area contributed by atoms with Crippen LogP contribution in [0, 0.1) is 11.3 Å². The zero-order valence-corrected chi connectivity index (χ0v) is 21.7. The lowest BCUT2D eigenvalue weighted by atomic mass is 9.94. The summed E-state index contributed by atoms with van der Waals surface area (Å²) in [5.41, 5.74) is 6.15. The molecule has 0 atom stereocenters. The van der Waals surface area contributed by atoms with Crippen LogP contribution in [0.4, 0.5) is 5.69 Å². The van der Waals surface area contributed by atoms with Crippen molar-refractivity contribution in [1.29, 1.82) is 5.26 Å². The highest BCUT2D eigenvalue weighted by atomic mass is 16.4. The number of aromatic amines is 1. The number of rotatable bonds is 6. The maximum absolute atomic E-state index is 13.4. The smallest absolute Gasteiger partial charge is 0.345 e. The van der Waals surface area contributed by atoms with Crippen molar-refractivity contribution in [2.24, 2.45) is 0 Å². The second-order valence-corrected chi connectivity index (χ2v) is 9.35. The third-order valence-electron chi connectivity index (χ3n) is 7.18. The van der Waals surface area contributed by atoms with Gasteiger partial charge in [0.15, 0.2) is 0 Å². The predicted octanol–water partition coefficient (Wildman–Crippen LogP) is 7.39. The highest BCUT2D eigenvalue weighted by Crippen LogP contribution is 2.37. The van der Waals surface area contributed by atoms with E-state index in [9.17, 15) is 10.1 Å². The van der Waals surface area contributed by atoms with Crippen molar-refractivity contribution in [1.82, 2.24) is 9.97 Å². The molecule has 3 aromatic carbocycles. The molecule has 6 rings (SSSR count). The Kier molecular flexibility index (Phi) is 6.18. The lowest BCUT2D eigenvalue weighted by Gasteiger charge is -2.21. The molecule has 0 radical (unpaired) electrons. The molecule has 0 fully saturated rings. The third-order valence-corrected chi connectivity index (χ3v) is 7.18. The van der Waals surface area contributed by atoms with Crippen LogP contribution < -0.4 is 10.5 Å². The molecule has 0 saturated heterocycles. The lowest BCUT2D eigenvalue weighted by Crippen LogP contribution is -2.21. The van der Waals surface area contributed by atoms with E-state index < -0.39 is 5.63 Å². The molecule has 1 N–H and O–H groups in total. The van der Waals surface area contributed by atoms with Gasteiger partial charge in [-0.05, 0) is 49.7 Å². The minimum absolute atomic E-state index is 0.348. The molecule has 0 spiro atoms. The van der Waals surface area contributed by atoms with Gasteiger partial charge < -0.3 is 14.3 Å². The SMILES string of the molecule is CCN(CC)c1ccc2cc(-c3cc(-c4ccccc4)c(C#N)c(-c4c[nH]c5ccccc45)n3)c(=O)oc2c1. The van der Waals surface area contributed by atoms with Crippen LogP contribution in [-0.2, 0) is 0 Å². The van der Waals surface area contributed by atoms with E-state index in [2.05, 4.69) is 29.8 Å². The second kappa shape index (κ2) is 9.96. The first-order valence-electron chi connectivity index (χ1n) is 13.0. The van der Waals surface area contributed by atoms with E-state index in [0.29, 0.717) is 33.7 Å². The summed E-state index contributed by atoms with van der Waals surface area (Å²) in [7, 11) is 0. The van der Waals surface area contributed by atoms with Crippen molar-refractivity contribution < 1.29 is 4.42 Å². The highest BCUT2D eigenvalue weighted by Gasteiger charge is 2.21. The van der Waals surface area contributed by atoms with Crippen molar-refractivity contribution in [3.63, 3.8) is 0 Å². The first-order chi connectivity index (χ1) is 19.1. The number of pyridine rings is 1. The van der Waals surface area contributed by atoms with Crippen molar-refractivity contribution in [2.45, 2.75) is 13.8 Å². The fraction of sp³-hybridized carbons (Fsp3) is 0.121. The molecular weight excluding hydrogens is 484 g/mol. The Hall–Kier alpha value is -5.15. The first-order valence-corrected chi connectivity index (χ1v) is 13.0. The second-order valence-electron chi connectivity index (χ2n) is 9.35. The van der Waals surface area contributed by atoms with Crippen molar-refractivity contribution >= 4 is 27.6 Å². The van der Waals surface area contributed by atoms with Crippen LogP contribution in [0.15, 0.2) is 100 Å². The molecule has 190 valence electrons. The number of benzene rings is 3. The summed E-state index contributed by atoms with van der Waals surface area (Å²) in [5, 5.41) is 12.1. The first kappa shape index (κ1) is 24.2. The largest absolute Gasteiger partial charge is 0.422 e. The van der Waals surface area contributed by atoms with Crippen LogP contribution in [0.1, 0.15) is 19.4 Å². The van der Waals surface area contributed by atoms with Crippen LogP contribution >= 0.6 is 0 Å². The number of anilines is 1. The fourth-order valence-electron chi connectivity index (χ4n) is 5.17. The minimum Gasteiger partial charge on any atom is -0.422 e. The monoisotopic (exact) mass is 510 g/mol. The molecule has 3 heterocycles. The zero-order chi connectivity index (χ0) is 26.9. The quantitative estimate of drug-likeness (QED) is 0.236. The molecule has 0 aliphatic heterocycles. The molecular formula is C33H26N4O2. The van der Waals surface area contributed by atoms with E-state index in [0.717, 1.165) is 46.2 Å². The summed E-state index contributed by atoms with van der Waals surface area (Å²) < 4.78 is 5.84. The standard InChI is InChI=1S/C33H26N4O2/c1-3-37(4-2)23-15-14-22-16-26(33(38)39-31(22)17-23)30-18-25(21-10-6-5-7-11-21)27(19-34)32(36-30)28-20-35-29-13-9-8-12-24(28)29/h5-18,20,35H,3-4H2,1-2H3. The Balaban J connectivity index is 1.61. The number of nitrogens with zero attached hydrogens (tertiary/aromatic N) is 3. The molecule has 0 amide bonds. The van der Waals surface area contributed by atoms with Gasteiger partial charge in [-0.25, -0.2) is 9.78 Å². The third kappa shape index (κ3) is 4.24. The maximum atomic E-state index is 13.4. The fourth-order valence-corrected chi connectivity index (χ4v) is 5.17. The number of nitrogens with one attached hydrogen (secondary N) is 1. The summed E-state index contributed by atoms with van der Waals surface area (Å²) in [6.07, 6.45) is 1.87. The molecule has 6 heteroatoms. The van der Waals surface area contributed by atoms with Gasteiger partial charge in [-0.3, -0.25) is 0 Å². The Morgan fingerprint density at radius 3 is 2.44 bits per heavy atom. The van der Waals surface area contributed by atoms with E-state index in [1.54, 1.807) is 0 Å². The van der Waals surface area contributed by atoms with Crippen LogP contribution in [0.5, 0.6) is 0 Å².